The van der Waals surface area contributed by atoms with Crippen LogP contribution in [0.2, 0.25) is 0 Å². The van der Waals surface area contributed by atoms with Crippen molar-refractivity contribution < 1.29 is 4.55 Å². The Morgan fingerprint density at radius 3 is 2.33 bits per heavy atom. The topological polar surface area (TPSA) is 23.1 Å². The maximum absolute atomic E-state index is 10.1. The Kier molecular flexibility index (Phi) is 4.26. The maximum atomic E-state index is 10.1. The first-order valence-electron chi connectivity index (χ1n) is 1.56. The smallest absolute Gasteiger partial charge is 0.150 e. The van der Waals surface area contributed by atoms with E-state index in [4.69, 9.17) is 0 Å². The summed E-state index contributed by atoms with van der Waals surface area (Å²) < 4.78 is 10.1. The highest BCUT2D eigenvalue weighted by atomic mass is 32.3. The van der Waals surface area contributed by atoms with Crippen molar-refractivity contribution in [3.63, 3.8) is 0 Å². The fourth-order valence-corrected chi connectivity index (χ4v) is 1.49. The highest BCUT2D eigenvalue weighted by Crippen LogP contribution is 1.95. The molecule has 0 radical (unpaired) electrons. The summed E-state index contributed by atoms with van der Waals surface area (Å²) in [6.07, 6.45) is 3.65. The molecule has 0 saturated carbocycles. The molecule has 0 aromatic carbocycles. The van der Waals surface area contributed by atoms with Crippen molar-refractivity contribution in [3.8, 4) is 0 Å². The second-order valence-electron chi connectivity index (χ2n) is 0.980. The monoisotopic (exact) mass is 124 g/mol. The minimum atomic E-state index is -0.603. The van der Waals surface area contributed by atoms with E-state index in [0.717, 1.165) is 5.08 Å². The van der Waals surface area contributed by atoms with E-state index < -0.39 is 11.2 Å². The van der Waals surface area contributed by atoms with Gasteiger partial charge in [-0.25, -0.2) is 0 Å². The Bertz CT molecular complexity index is 30.0. The predicted octanol–water partition coefficient (Wildman–Crippen LogP) is 0.685. The van der Waals surface area contributed by atoms with Crippen LogP contribution in [0.5, 0.6) is 0 Å². The largest absolute Gasteiger partial charge is 0.616 e. The molecule has 0 spiro atoms. The molecule has 0 amide bonds. The number of hydrogen-bond donors (Lipinski definition) is 0. The van der Waals surface area contributed by atoms with Crippen LogP contribution in [0.25, 0.3) is 0 Å². The van der Waals surface area contributed by atoms with Crippen LogP contribution in [0.15, 0.2) is 0 Å². The molecule has 0 N–H and O–H groups in total. The lowest BCUT2D eigenvalue weighted by molar-refractivity contribution is 0.605. The fourth-order valence-electron chi connectivity index (χ4n) is 0.166. The van der Waals surface area contributed by atoms with Gasteiger partial charge in [0.15, 0.2) is 0 Å². The lowest BCUT2D eigenvalue weighted by Crippen LogP contribution is -1.97. The Morgan fingerprint density at radius 2 is 2.33 bits per heavy atom. The summed E-state index contributed by atoms with van der Waals surface area (Å²) in [5.41, 5.74) is 0. The summed E-state index contributed by atoms with van der Waals surface area (Å²) in [7, 11) is 0. The average Bonchev–Trinajstić information content (AvgIpc) is 1.35. The van der Waals surface area contributed by atoms with Crippen LogP contribution in [0.4, 0.5) is 0 Å². The highest BCUT2D eigenvalue weighted by molar-refractivity contribution is 8.11. The first-order chi connectivity index (χ1) is 2.77. The summed E-state index contributed by atoms with van der Waals surface area (Å²) in [6, 6.07) is 0. The van der Waals surface area contributed by atoms with E-state index in [1.165, 1.54) is 0 Å². The van der Waals surface area contributed by atoms with E-state index in [-0.39, 0.29) is 0 Å². The van der Waals surface area contributed by atoms with E-state index in [1.807, 2.05) is 6.26 Å². The van der Waals surface area contributed by atoms with Crippen LogP contribution in [0.1, 0.15) is 0 Å². The molecule has 0 aliphatic rings. The quantitative estimate of drug-likeness (QED) is 0.505. The molecule has 3 heteroatoms. The van der Waals surface area contributed by atoms with Gasteiger partial charge < -0.3 is 4.55 Å². The van der Waals surface area contributed by atoms with Gasteiger partial charge in [-0.05, 0) is 17.4 Å². The van der Waals surface area contributed by atoms with Crippen molar-refractivity contribution in [2.45, 2.75) is 0 Å². The van der Waals surface area contributed by atoms with Crippen LogP contribution in [-0.2, 0) is 11.2 Å². The van der Waals surface area contributed by atoms with E-state index in [9.17, 15) is 4.55 Å². The first kappa shape index (κ1) is 6.66. The van der Waals surface area contributed by atoms with Crippen molar-refractivity contribution in [3.05, 3.63) is 0 Å². The first-order valence-corrected chi connectivity index (χ1v) is 4.68. The van der Waals surface area contributed by atoms with Gasteiger partial charge in [0, 0.05) is 0 Å². The molecule has 0 rings (SSSR count). The maximum Gasteiger partial charge on any atom is 0.150 e. The standard InChI is InChI=1S/C3H8OS2/c1-5-3-6(2)4/h3H2,1-2H3/t6-/m1/s1. The molecule has 0 aliphatic heterocycles. The molecule has 6 heavy (non-hydrogen) atoms. The third kappa shape index (κ3) is 4.66. The van der Waals surface area contributed by atoms with Crippen LogP contribution in [0, 0.1) is 0 Å². The average molecular weight is 124 g/mol. The van der Waals surface area contributed by atoms with Gasteiger partial charge in [0.1, 0.15) is 5.08 Å². The SMILES string of the molecule is CSC[S@@+](C)[O-]. The molecule has 0 bridgehead atoms. The molecule has 0 fully saturated rings. The van der Waals surface area contributed by atoms with Gasteiger partial charge in [0.2, 0.25) is 0 Å². The van der Waals surface area contributed by atoms with Crippen LogP contribution in [0.3, 0.4) is 0 Å². The summed E-state index contributed by atoms with van der Waals surface area (Å²) in [4.78, 5) is 0. The third-order valence-electron chi connectivity index (χ3n) is 0.284. The predicted molar refractivity (Wildman–Crippen MR) is 32.4 cm³/mol. The second kappa shape index (κ2) is 3.84. The lowest BCUT2D eigenvalue weighted by Gasteiger charge is -1.98. The Hall–Kier alpha value is 0.660. The lowest BCUT2D eigenvalue weighted by atomic mass is 11.9. The van der Waals surface area contributed by atoms with Crippen LogP contribution < -0.4 is 0 Å². The van der Waals surface area contributed by atoms with Crippen molar-refractivity contribution >= 4 is 22.9 Å². The summed E-state index contributed by atoms with van der Waals surface area (Å²) >= 11 is 1.01. The zero-order chi connectivity index (χ0) is 4.99. The molecular weight excluding hydrogens is 116 g/mol. The van der Waals surface area contributed by atoms with Gasteiger partial charge in [-0.2, -0.15) is 0 Å². The van der Waals surface area contributed by atoms with Gasteiger partial charge in [-0.3, -0.25) is 0 Å². The van der Waals surface area contributed by atoms with E-state index >= 15 is 0 Å². The summed E-state index contributed by atoms with van der Waals surface area (Å²) in [6.45, 7) is 0. The van der Waals surface area contributed by atoms with E-state index in [2.05, 4.69) is 0 Å². The second-order valence-corrected chi connectivity index (χ2v) is 3.65. The number of rotatable bonds is 2. The highest BCUT2D eigenvalue weighted by Gasteiger charge is 1.88. The van der Waals surface area contributed by atoms with Crippen LogP contribution >= 0.6 is 11.8 Å². The minimum Gasteiger partial charge on any atom is -0.616 e. The Labute approximate surface area is 45.7 Å². The van der Waals surface area contributed by atoms with Gasteiger partial charge >= 0.3 is 0 Å². The molecular formula is C3H8OS2. The number of hydrogen-bond acceptors (Lipinski definition) is 2. The third-order valence-corrected chi connectivity index (χ3v) is 2.55. The molecule has 1 atom stereocenters. The fraction of sp³-hybridized carbons (Fsp3) is 1.00. The summed E-state index contributed by atoms with van der Waals surface area (Å²) in [5.74, 6) is 0. The van der Waals surface area contributed by atoms with Gasteiger partial charge in [0.25, 0.3) is 0 Å². The molecule has 0 unspecified atom stereocenters. The van der Waals surface area contributed by atoms with E-state index in [0.29, 0.717) is 0 Å². The van der Waals surface area contributed by atoms with Gasteiger partial charge in [-0.15, -0.1) is 11.8 Å². The molecule has 0 aromatic heterocycles. The summed E-state index contributed by atoms with van der Waals surface area (Å²) in [5, 5.41) is 0.764. The van der Waals surface area contributed by atoms with Gasteiger partial charge in [0.05, 0.1) is 6.26 Å². The van der Waals surface area contributed by atoms with Gasteiger partial charge in [-0.1, -0.05) is 0 Å². The Morgan fingerprint density at radius 1 is 1.83 bits per heavy atom. The molecule has 1 nitrogen and oxygen atoms in total. The molecule has 0 aromatic rings. The zero-order valence-corrected chi connectivity index (χ0v) is 5.56. The molecule has 0 aliphatic carbocycles. The van der Waals surface area contributed by atoms with Crippen molar-refractivity contribution in [1.82, 2.24) is 0 Å². The van der Waals surface area contributed by atoms with Crippen molar-refractivity contribution in [1.29, 1.82) is 0 Å². The minimum absolute atomic E-state index is 0.603. The van der Waals surface area contributed by atoms with E-state index in [1.54, 1.807) is 18.0 Å². The molecule has 38 valence electrons. The van der Waals surface area contributed by atoms with Crippen molar-refractivity contribution in [2.75, 3.05) is 17.6 Å². The zero-order valence-electron chi connectivity index (χ0n) is 3.93. The molecule has 0 saturated heterocycles. The number of thioether (sulfide) groups is 1. The molecule has 0 heterocycles. The van der Waals surface area contributed by atoms with Crippen LogP contribution in [-0.4, -0.2) is 22.1 Å². The Balaban J connectivity index is 2.63. The van der Waals surface area contributed by atoms with Crippen molar-refractivity contribution in [2.24, 2.45) is 0 Å². The normalized spacial score (nSPS) is 14.5.